The molecule has 0 radical (unpaired) electrons. The summed E-state index contributed by atoms with van der Waals surface area (Å²) >= 11 is 5.66. The lowest BCUT2D eigenvalue weighted by atomic mass is 10.3. The van der Waals surface area contributed by atoms with Gasteiger partial charge in [-0.05, 0) is 0 Å². The monoisotopic (exact) mass is 214 g/mol. The zero-order chi connectivity index (χ0) is 10.6. The van der Waals surface area contributed by atoms with Gasteiger partial charge in [-0.1, -0.05) is 17.7 Å². The van der Waals surface area contributed by atoms with Crippen molar-refractivity contribution in [3.63, 3.8) is 0 Å². The van der Waals surface area contributed by atoms with E-state index in [1.54, 1.807) is 6.08 Å². The second-order valence-electron chi connectivity index (χ2n) is 2.60. The molecule has 1 unspecified atom stereocenters. The van der Waals surface area contributed by atoms with Crippen molar-refractivity contribution in [1.82, 2.24) is 9.97 Å². The van der Waals surface area contributed by atoms with E-state index < -0.39 is 0 Å². The predicted molar refractivity (Wildman–Crippen MR) is 56.1 cm³/mol. The third kappa shape index (κ3) is 2.86. The molecule has 5 nitrogen and oxygen atoms in total. The van der Waals surface area contributed by atoms with Gasteiger partial charge in [-0.2, -0.15) is 4.98 Å². The maximum atomic E-state index is 8.88. The molecular weight excluding hydrogens is 204 g/mol. The van der Waals surface area contributed by atoms with Crippen LogP contribution in [0.2, 0.25) is 5.15 Å². The van der Waals surface area contributed by atoms with E-state index in [1.165, 1.54) is 6.07 Å². The van der Waals surface area contributed by atoms with Crippen LogP contribution in [0.3, 0.4) is 0 Å². The van der Waals surface area contributed by atoms with E-state index in [4.69, 9.17) is 22.4 Å². The van der Waals surface area contributed by atoms with Crippen molar-refractivity contribution in [2.24, 2.45) is 0 Å². The lowest BCUT2D eigenvalue weighted by Crippen LogP contribution is -2.21. The first-order chi connectivity index (χ1) is 6.65. The first kappa shape index (κ1) is 10.7. The standard InChI is InChI=1S/C8H11ClN4O/c1-2-5(4-14)11-7-3-6(9)12-8(10)13-7/h2-3,5,14H,1,4H2,(H3,10,11,12,13). The molecule has 0 saturated carbocycles. The third-order valence-corrected chi connectivity index (χ3v) is 1.72. The van der Waals surface area contributed by atoms with Gasteiger partial charge < -0.3 is 16.2 Å². The van der Waals surface area contributed by atoms with Crippen molar-refractivity contribution in [3.05, 3.63) is 23.9 Å². The fourth-order valence-corrected chi connectivity index (χ4v) is 1.07. The number of aliphatic hydroxyl groups excluding tert-OH is 1. The smallest absolute Gasteiger partial charge is 0.223 e. The Bertz CT molecular complexity index is 311. The van der Waals surface area contributed by atoms with Crippen molar-refractivity contribution < 1.29 is 5.11 Å². The van der Waals surface area contributed by atoms with Crippen LogP contribution >= 0.6 is 11.6 Å². The summed E-state index contributed by atoms with van der Waals surface area (Å²) in [5, 5.41) is 12.0. The normalized spacial score (nSPS) is 12.1. The molecule has 0 bridgehead atoms. The maximum absolute atomic E-state index is 8.88. The van der Waals surface area contributed by atoms with Crippen LogP contribution in [-0.2, 0) is 0 Å². The summed E-state index contributed by atoms with van der Waals surface area (Å²) < 4.78 is 0. The molecular formula is C8H11ClN4O. The highest BCUT2D eigenvalue weighted by atomic mass is 35.5. The lowest BCUT2D eigenvalue weighted by molar-refractivity contribution is 0.290. The Morgan fingerprint density at radius 2 is 2.43 bits per heavy atom. The number of rotatable bonds is 4. The molecule has 0 spiro atoms. The van der Waals surface area contributed by atoms with Crippen LogP contribution < -0.4 is 11.1 Å². The number of nitrogens with two attached hydrogens (primary N) is 1. The van der Waals surface area contributed by atoms with E-state index in [1.807, 2.05) is 0 Å². The largest absolute Gasteiger partial charge is 0.394 e. The van der Waals surface area contributed by atoms with Crippen molar-refractivity contribution >= 4 is 23.4 Å². The van der Waals surface area contributed by atoms with Gasteiger partial charge in [-0.15, -0.1) is 6.58 Å². The minimum atomic E-state index is -0.277. The van der Waals surface area contributed by atoms with Crippen molar-refractivity contribution in [3.8, 4) is 0 Å². The number of nitrogens with one attached hydrogen (secondary N) is 1. The van der Waals surface area contributed by atoms with Crippen molar-refractivity contribution in [1.29, 1.82) is 0 Å². The maximum Gasteiger partial charge on any atom is 0.223 e. The number of aromatic nitrogens is 2. The average Bonchev–Trinajstić information content (AvgIpc) is 2.12. The number of nitrogen functional groups attached to an aromatic ring is 1. The zero-order valence-corrected chi connectivity index (χ0v) is 8.20. The number of halogens is 1. The van der Waals surface area contributed by atoms with Gasteiger partial charge in [0.15, 0.2) is 0 Å². The fraction of sp³-hybridized carbons (Fsp3) is 0.250. The molecule has 6 heteroatoms. The summed E-state index contributed by atoms with van der Waals surface area (Å²) in [6.07, 6.45) is 1.56. The predicted octanol–water partition coefficient (Wildman–Crippen LogP) is 0.671. The van der Waals surface area contributed by atoms with Crippen LogP contribution in [0, 0.1) is 0 Å². The average molecular weight is 215 g/mol. The van der Waals surface area contributed by atoms with Gasteiger partial charge in [0.05, 0.1) is 12.6 Å². The van der Waals surface area contributed by atoms with Crippen molar-refractivity contribution in [2.45, 2.75) is 6.04 Å². The van der Waals surface area contributed by atoms with E-state index in [0.29, 0.717) is 5.82 Å². The van der Waals surface area contributed by atoms with Crippen LogP contribution in [0.5, 0.6) is 0 Å². The Morgan fingerprint density at radius 1 is 1.71 bits per heavy atom. The minimum absolute atomic E-state index is 0.0783. The van der Waals surface area contributed by atoms with E-state index in [0.717, 1.165) is 0 Å². The van der Waals surface area contributed by atoms with Gasteiger partial charge in [-0.3, -0.25) is 0 Å². The topological polar surface area (TPSA) is 84.1 Å². The molecule has 1 atom stereocenters. The number of aliphatic hydroxyl groups is 1. The zero-order valence-electron chi connectivity index (χ0n) is 7.44. The van der Waals surface area contributed by atoms with Gasteiger partial charge in [0, 0.05) is 6.07 Å². The van der Waals surface area contributed by atoms with E-state index >= 15 is 0 Å². The SMILES string of the molecule is C=CC(CO)Nc1cc(Cl)nc(N)n1. The highest BCUT2D eigenvalue weighted by Crippen LogP contribution is 2.13. The molecule has 0 fully saturated rings. The molecule has 76 valence electrons. The molecule has 0 aliphatic rings. The summed E-state index contributed by atoms with van der Waals surface area (Å²) in [5.74, 6) is 0.544. The molecule has 14 heavy (non-hydrogen) atoms. The minimum Gasteiger partial charge on any atom is -0.394 e. The fourth-order valence-electron chi connectivity index (χ4n) is 0.878. The van der Waals surface area contributed by atoms with Gasteiger partial charge in [0.25, 0.3) is 0 Å². The summed E-state index contributed by atoms with van der Waals surface area (Å²) in [5.41, 5.74) is 5.38. The molecule has 0 amide bonds. The molecule has 1 aromatic heterocycles. The van der Waals surface area contributed by atoms with Crippen LogP contribution in [-0.4, -0.2) is 27.7 Å². The first-order valence-electron chi connectivity index (χ1n) is 3.95. The number of nitrogens with zero attached hydrogens (tertiary/aromatic N) is 2. The van der Waals surface area contributed by atoms with Crippen LogP contribution in [0.4, 0.5) is 11.8 Å². The Hall–Kier alpha value is -1.33. The van der Waals surface area contributed by atoms with Crippen molar-refractivity contribution in [2.75, 3.05) is 17.7 Å². The summed E-state index contributed by atoms with van der Waals surface area (Å²) in [4.78, 5) is 7.58. The Balaban J connectivity index is 2.80. The molecule has 4 N–H and O–H groups in total. The molecule has 1 heterocycles. The number of hydrogen-bond acceptors (Lipinski definition) is 5. The molecule has 1 aromatic rings. The first-order valence-corrected chi connectivity index (χ1v) is 4.33. The second-order valence-corrected chi connectivity index (χ2v) is 2.99. The molecule has 0 aliphatic carbocycles. The molecule has 0 aromatic carbocycles. The lowest BCUT2D eigenvalue weighted by Gasteiger charge is -2.12. The Morgan fingerprint density at radius 3 is 2.93 bits per heavy atom. The van der Waals surface area contributed by atoms with Gasteiger partial charge in [-0.25, -0.2) is 4.98 Å². The molecule has 1 rings (SSSR count). The van der Waals surface area contributed by atoms with E-state index in [-0.39, 0.29) is 23.8 Å². The summed E-state index contributed by atoms with van der Waals surface area (Å²) in [6.45, 7) is 3.46. The number of hydrogen-bond donors (Lipinski definition) is 3. The van der Waals surface area contributed by atoms with E-state index in [9.17, 15) is 0 Å². The summed E-state index contributed by atoms with van der Waals surface area (Å²) in [7, 11) is 0. The molecule has 0 aliphatic heterocycles. The number of anilines is 2. The van der Waals surface area contributed by atoms with Crippen LogP contribution in [0.1, 0.15) is 0 Å². The molecule has 0 saturated heterocycles. The quantitative estimate of drug-likeness (QED) is 0.507. The second kappa shape index (κ2) is 4.78. The Kier molecular flexibility index (Phi) is 3.67. The third-order valence-electron chi connectivity index (χ3n) is 1.53. The van der Waals surface area contributed by atoms with Crippen LogP contribution in [0.25, 0.3) is 0 Å². The van der Waals surface area contributed by atoms with Gasteiger partial charge >= 0.3 is 0 Å². The summed E-state index contributed by atoms with van der Waals surface area (Å²) in [6, 6.07) is 1.24. The van der Waals surface area contributed by atoms with Crippen LogP contribution in [0.15, 0.2) is 18.7 Å². The highest BCUT2D eigenvalue weighted by Gasteiger charge is 2.05. The Labute approximate surface area is 86.6 Å². The highest BCUT2D eigenvalue weighted by molar-refractivity contribution is 6.29. The van der Waals surface area contributed by atoms with E-state index in [2.05, 4.69) is 21.9 Å². The van der Waals surface area contributed by atoms with Gasteiger partial charge in [0.1, 0.15) is 11.0 Å². The van der Waals surface area contributed by atoms with Gasteiger partial charge in [0.2, 0.25) is 5.95 Å².